The predicted molar refractivity (Wildman–Crippen MR) is 129 cm³/mol. The van der Waals surface area contributed by atoms with Crippen LogP contribution in [0.25, 0.3) is 11.0 Å². The molecule has 0 aliphatic carbocycles. The molecule has 3 saturated heterocycles. The molecule has 1 aromatic carbocycles. The molecule has 5 heterocycles. The van der Waals surface area contributed by atoms with Crippen molar-refractivity contribution in [3.05, 3.63) is 53.6 Å². The number of halogens is 1. The second-order valence-electron chi connectivity index (χ2n) is 9.81. The molecule has 0 saturated carbocycles. The lowest BCUT2D eigenvalue weighted by molar-refractivity contribution is 0.0330. The van der Waals surface area contributed by atoms with Crippen LogP contribution in [0.1, 0.15) is 30.3 Å². The molecule has 3 aliphatic rings. The van der Waals surface area contributed by atoms with Crippen LogP contribution >= 0.6 is 0 Å². The zero-order valence-corrected chi connectivity index (χ0v) is 19.9. The first kappa shape index (κ1) is 22.8. The van der Waals surface area contributed by atoms with Gasteiger partial charge in [0.2, 0.25) is 5.88 Å². The maximum atomic E-state index is 13.9. The summed E-state index contributed by atoms with van der Waals surface area (Å²) in [5.41, 5.74) is 2.48. The van der Waals surface area contributed by atoms with E-state index in [0.717, 1.165) is 82.1 Å². The van der Waals surface area contributed by atoms with Gasteiger partial charge in [0, 0.05) is 62.7 Å². The zero-order chi connectivity index (χ0) is 23.6. The van der Waals surface area contributed by atoms with E-state index in [-0.39, 0.29) is 11.9 Å². The van der Waals surface area contributed by atoms with E-state index in [9.17, 15) is 4.39 Å². The second kappa shape index (κ2) is 10.2. The minimum atomic E-state index is -0.266. The normalized spacial score (nSPS) is 26.0. The first-order chi connectivity index (χ1) is 17.2. The fraction of sp³-hybridized carbons (Fsp3) is 0.538. The number of hydrogen-bond acceptors (Lipinski definition) is 8. The summed E-state index contributed by atoms with van der Waals surface area (Å²) in [6.45, 7) is 7.77. The van der Waals surface area contributed by atoms with Gasteiger partial charge in [0.05, 0.1) is 31.6 Å². The summed E-state index contributed by atoms with van der Waals surface area (Å²) in [6.07, 6.45) is 2.09. The van der Waals surface area contributed by atoms with Crippen molar-refractivity contribution in [1.82, 2.24) is 25.3 Å². The summed E-state index contributed by atoms with van der Waals surface area (Å²) in [5.74, 6) is 0.881. The number of fused-ring (bicyclic) bond motifs is 2. The monoisotopic (exact) mass is 481 g/mol. The second-order valence-corrected chi connectivity index (χ2v) is 9.81. The molecule has 3 atom stereocenters. The van der Waals surface area contributed by atoms with Gasteiger partial charge in [-0.25, -0.2) is 9.37 Å². The number of nitrogens with one attached hydrogen (secondary N) is 1. The summed E-state index contributed by atoms with van der Waals surface area (Å²) < 4.78 is 31.0. The largest absolute Gasteiger partial charge is 0.477 e. The van der Waals surface area contributed by atoms with Gasteiger partial charge >= 0.3 is 0 Å². The van der Waals surface area contributed by atoms with Gasteiger partial charge in [0.15, 0.2) is 5.58 Å². The highest BCUT2D eigenvalue weighted by Crippen LogP contribution is 2.35. The highest BCUT2D eigenvalue weighted by atomic mass is 19.1. The number of hydrogen-bond donors (Lipinski definition) is 1. The number of benzene rings is 1. The van der Waals surface area contributed by atoms with Gasteiger partial charge in [0.25, 0.3) is 0 Å². The van der Waals surface area contributed by atoms with Crippen LogP contribution in [0.2, 0.25) is 0 Å². The number of ether oxygens (including phenoxy) is 2. The van der Waals surface area contributed by atoms with Crippen molar-refractivity contribution in [3.63, 3.8) is 0 Å². The molecule has 3 unspecified atom stereocenters. The lowest BCUT2D eigenvalue weighted by atomic mass is 9.86. The van der Waals surface area contributed by atoms with Crippen molar-refractivity contribution in [3.8, 4) is 5.88 Å². The van der Waals surface area contributed by atoms with Gasteiger partial charge in [0.1, 0.15) is 11.5 Å². The van der Waals surface area contributed by atoms with Crippen LogP contribution in [0, 0.1) is 11.7 Å². The van der Waals surface area contributed by atoms with Gasteiger partial charge in [-0.15, -0.1) is 0 Å². The van der Waals surface area contributed by atoms with Crippen LogP contribution in [0.5, 0.6) is 5.88 Å². The van der Waals surface area contributed by atoms with Crippen LogP contribution in [0.15, 0.2) is 40.9 Å². The molecule has 2 aromatic heterocycles. The lowest BCUT2D eigenvalue weighted by Crippen LogP contribution is -2.57. The third-order valence-electron chi connectivity index (χ3n) is 7.47. The van der Waals surface area contributed by atoms with Crippen LogP contribution in [0.4, 0.5) is 4.39 Å². The Hall–Kier alpha value is -2.59. The maximum absolute atomic E-state index is 13.9. The Kier molecular flexibility index (Phi) is 6.65. The van der Waals surface area contributed by atoms with Crippen molar-refractivity contribution in [1.29, 1.82) is 0 Å². The van der Waals surface area contributed by atoms with Gasteiger partial charge in [-0.3, -0.25) is 9.80 Å². The smallest absolute Gasteiger partial charge is 0.213 e. The molecule has 0 radical (unpaired) electrons. The Morgan fingerprint density at radius 2 is 2.03 bits per heavy atom. The molecule has 3 fully saturated rings. The van der Waals surface area contributed by atoms with Crippen molar-refractivity contribution in [2.45, 2.75) is 31.5 Å². The summed E-state index contributed by atoms with van der Waals surface area (Å²) in [4.78, 5) is 9.63. The van der Waals surface area contributed by atoms with Crippen molar-refractivity contribution in [2.24, 2.45) is 5.92 Å². The number of morpholine rings is 1. The highest BCUT2D eigenvalue weighted by Gasteiger charge is 2.39. The molecule has 186 valence electrons. The van der Waals surface area contributed by atoms with E-state index in [4.69, 9.17) is 19.0 Å². The van der Waals surface area contributed by atoms with Crippen molar-refractivity contribution >= 4 is 11.0 Å². The highest BCUT2D eigenvalue weighted by molar-refractivity contribution is 5.80. The molecule has 8 nitrogen and oxygen atoms in total. The summed E-state index contributed by atoms with van der Waals surface area (Å²) in [5, 5.41) is 8.69. The quantitative estimate of drug-likeness (QED) is 0.576. The van der Waals surface area contributed by atoms with E-state index >= 15 is 0 Å². The van der Waals surface area contributed by atoms with E-state index in [2.05, 4.69) is 26.3 Å². The molecular weight excluding hydrogens is 449 g/mol. The van der Waals surface area contributed by atoms with E-state index in [1.165, 1.54) is 12.1 Å². The standard InChI is InChI=1S/C26H32FN5O3/c27-19-5-7-23-21(14-19)25(30-35-23)26-22-6-4-18(15-32(22)9-8-28-26)17-34-24-3-1-2-20(29-24)16-31-10-12-33-13-11-31/h1-3,5,7,14,18,22,26,28H,4,6,8-13,15-17H2. The molecule has 3 aliphatic heterocycles. The number of aromatic nitrogens is 2. The number of rotatable bonds is 6. The van der Waals surface area contributed by atoms with E-state index in [1.807, 2.05) is 12.1 Å². The number of piperidine rings is 1. The van der Waals surface area contributed by atoms with Crippen LogP contribution in [0.3, 0.4) is 0 Å². The fourth-order valence-corrected chi connectivity index (χ4v) is 5.67. The van der Waals surface area contributed by atoms with Crippen LogP contribution in [-0.2, 0) is 11.3 Å². The van der Waals surface area contributed by atoms with Crippen LogP contribution < -0.4 is 10.1 Å². The average Bonchev–Trinajstić information content (AvgIpc) is 3.30. The van der Waals surface area contributed by atoms with Gasteiger partial charge < -0.3 is 19.3 Å². The Labute approximate surface area is 204 Å². The molecule has 3 aromatic rings. The Morgan fingerprint density at radius 3 is 2.94 bits per heavy atom. The lowest BCUT2D eigenvalue weighted by Gasteiger charge is -2.46. The topological polar surface area (TPSA) is 75.9 Å². The number of piperazine rings is 1. The van der Waals surface area contributed by atoms with Crippen molar-refractivity contribution < 1.29 is 18.4 Å². The molecule has 1 N–H and O–H groups in total. The average molecular weight is 482 g/mol. The number of pyridine rings is 1. The summed E-state index contributed by atoms with van der Waals surface area (Å²) >= 11 is 0. The summed E-state index contributed by atoms with van der Waals surface area (Å²) in [6, 6.07) is 11.0. The third kappa shape index (κ3) is 5.04. The molecule has 0 amide bonds. The molecule has 9 heteroatoms. The van der Waals surface area contributed by atoms with Gasteiger partial charge in [-0.1, -0.05) is 11.2 Å². The minimum Gasteiger partial charge on any atom is -0.477 e. The van der Waals surface area contributed by atoms with E-state index in [0.29, 0.717) is 30.0 Å². The minimum absolute atomic E-state index is 0.0344. The Morgan fingerprint density at radius 1 is 1.11 bits per heavy atom. The van der Waals surface area contributed by atoms with Crippen LogP contribution in [-0.4, -0.2) is 78.5 Å². The Bertz CT molecular complexity index is 1150. The SMILES string of the molecule is Fc1ccc2onc(C3NCCN4CC(COc5cccc(CN6CCOCC6)n5)CCC34)c2c1. The van der Waals surface area contributed by atoms with Gasteiger partial charge in [-0.05, 0) is 37.1 Å². The molecule has 35 heavy (non-hydrogen) atoms. The maximum Gasteiger partial charge on any atom is 0.213 e. The predicted octanol–water partition coefficient (Wildman–Crippen LogP) is 3.00. The first-order valence-electron chi connectivity index (χ1n) is 12.6. The fourth-order valence-electron chi connectivity index (χ4n) is 5.67. The molecular formula is C26H32FN5O3. The molecule has 0 bridgehead atoms. The summed E-state index contributed by atoms with van der Waals surface area (Å²) in [7, 11) is 0. The third-order valence-corrected chi connectivity index (χ3v) is 7.47. The number of nitrogens with zero attached hydrogens (tertiary/aromatic N) is 4. The molecule has 0 spiro atoms. The van der Waals surface area contributed by atoms with E-state index < -0.39 is 0 Å². The van der Waals surface area contributed by atoms with E-state index in [1.54, 1.807) is 6.07 Å². The van der Waals surface area contributed by atoms with Gasteiger partial charge in [-0.2, -0.15) is 0 Å². The Balaban J connectivity index is 1.07. The first-order valence-corrected chi connectivity index (χ1v) is 12.6. The molecule has 6 rings (SSSR count). The zero-order valence-electron chi connectivity index (χ0n) is 19.9. The van der Waals surface area contributed by atoms with Crippen molar-refractivity contribution in [2.75, 3.05) is 52.5 Å².